The summed E-state index contributed by atoms with van der Waals surface area (Å²) < 4.78 is 12.7. The Morgan fingerprint density at radius 1 is 1.46 bits per heavy atom. The van der Waals surface area contributed by atoms with E-state index in [1.54, 1.807) is 23.9 Å². The van der Waals surface area contributed by atoms with Crippen LogP contribution in [0.2, 0.25) is 5.02 Å². The first-order valence-corrected chi connectivity index (χ1v) is 5.37. The molecule has 4 heteroatoms. The maximum Gasteiger partial charge on any atom is 0.141 e. The van der Waals surface area contributed by atoms with Crippen LogP contribution in [0.1, 0.15) is 0 Å². The lowest BCUT2D eigenvalue weighted by Gasteiger charge is -1.99. The van der Waals surface area contributed by atoms with Gasteiger partial charge in [0, 0.05) is 16.2 Å². The predicted molar refractivity (Wildman–Crippen MR) is 57.1 cm³/mol. The normalized spacial score (nSPS) is 11.0. The second-order valence-electron chi connectivity index (χ2n) is 2.25. The summed E-state index contributed by atoms with van der Waals surface area (Å²) in [6.07, 6.45) is 1.81. The third-order valence-corrected chi connectivity index (χ3v) is 2.74. The number of hydrogen-bond acceptors (Lipinski definition) is 1. The highest BCUT2D eigenvalue weighted by molar-refractivity contribution is 7.99. The second kappa shape index (κ2) is 5.53. The summed E-state index contributed by atoms with van der Waals surface area (Å²) >= 11 is 12.5. The van der Waals surface area contributed by atoms with Crippen LogP contribution < -0.4 is 0 Å². The Bertz CT molecular complexity index is 312. The Kier molecular flexibility index (Phi) is 4.64. The quantitative estimate of drug-likeness (QED) is 0.705. The van der Waals surface area contributed by atoms with Gasteiger partial charge in [-0.2, -0.15) is 0 Å². The molecule has 0 saturated heterocycles. The van der Waals surface area contributed by atoms with E-state index in [-0.39, 0.29) is 10.8 Å². The summed E-state index contributed by atoms with van der Waals surface area (Å²) in [7, 11) is 0. The van der Waals surface area contributed by atoms with E-state index < -0.39 is 0 Å². The molecule has 0 fully saturated rings. The molecule has 1 aromatic carbocycles. The second-order valence-corrected chi connectivity index (χ2v) is 4.00. The molecule has 0 unspecified atom stereocenters. The van der Waals surface area contributed by atoms with Crippen LogP contribution in [0.4, 0.5) is 4.39 Å². The molecule has 0 radical (unpaired) electrons. The van der Waals surface area contributed by atoms with Crippen LogP contribution in [0, 0.1) is 5.82 Å². The van der Waals surface area contributed by atoms with Gasteiger partial charge in [-0.25, -0.2) is 4.39 Å². The molecular weight excluding hydrogens is 230 g/mol. The number of hydrogen-bond donors (Lipinski definition) is 0. The molecule has 0 aromatic heterocycles. The first-order chi connectivity index (χ1) is 6.24. The van der Waals surface area contributed by atoms with Crippen LogP contribution in [-0.4, -0.2) is 5.75 Å². The van der Waals surface area contributed by atoms with Crippen LogP contribution >= 0.6 is 35.0 Å². The topological polar surface area (TPSA) is 0 Å². The fourth-order valence-corrected chi connectivity index (χ4v) is 1.94. The monoisotopic (exact) mass is 236 g/mol. The van der Waals surface area contributed by atoms with Crippen molar-refractivity contribution in [2.24, 2.45) is 0 Å². The lowest BCUT2D eigenvalue weighted by molar-refractivity contribution is 0.627. The molecule has 70 valence electrons. The first-order valence-electron chi connectivity index (χ1n) is 3.57. The Balaban J connectivity index is 2.63. The lowest BCUT2D eigenvalue weighted by Crippen LogP contribution is -1.78. The minimum absolute atomic E-state index is 0.153. The van der Waals surface area contributed by atoms with Crippen molar-refractivity contribution in [3.63, 3.8) is 0 Å². The highest BCUT2D eigenvalue weighted by atomic mass is 35.5. The fourth-order valence-electron chi connectivity index (χ4n) is 0.747. The van der Waals surface area contributed by atoms with Crippen molar-refractivity contribution in [2.45, 2.75) is 4.90 Å². The van der Waals surface area contributed by atoms with E-state index in [0.29, 0.717) is 0 Å². The van der Waals surface area contributed by atoms with Gasteiger partial charge in [-0.05, 0) is 18.2 Å². The number of benzene rings is 1. The Hall–Kier alpha value is -0.180. The zero-order valence-electron chi connectivity index (χ0n) is 6.64. The van der Waals surface area contributed by atoms with Crippen molar-refractivity contribution in [3.05, 3.63) is 40.7 Å². The largest absolute Gasteiger partial charge is 0.205 e. The van der Waals surface area contributed by atoms with E-state index in [1.807, 2.05) is 6.08 Å². The highest BCUT2D eigenvalue weighted by Crippen LogP contribution is 2.23. The molecule has 0 nitrogen and oxygen atoms in total. The molecule has 0 bridgehead atoms. The lowest BCUT2D eigenvalue weighted by atomic mass is 10.3. The molecule has 0 amide bonds. The van der Waals surface area contributed by atoms with Crippen LogP contribution in [0.15, 0.2) is 34.7 Å². The number of halogens is 3. The molecule has 1 aromatic rings. The molecule has 0 saturated carbocycles. The van der Waals surface area contributed by atoms with Gasteiger partial charge < -0.3 is 0 Å². The minimum Gasteiger partial charge on any atom is -0.205 e. The smallest absolute Gasteiger partial charge is 0.141 e. The molecule has 0 aliphatic heterocycles. The maximum absolute atomic E-state index is 12.7. The molecule has 13 heavy (non-hydrogen) atoms. The van der Waals surface area contributed by atoms with Gasteiger partial charge in [0.25, 0.3) is 0 Å². The van der Waals surface area contributed by atoms with Gasteiger partial charge >= 0.3 is 0 Å². The van der Waals surface area contributed by atoms with E-state index in [9.17, 15) is 4.39 Å². The third-order valence-electron chi connectivity index (χ3n) is 1.33. The predicted octanol–water partition coefficient (Wildman–Crippen LogP) is 4.32. The zero-order chi connectivity index (χ0) is 9.68. The molecule has 0 aliphatic carbocycles. The summed E-state index contributed by atoms with van der Waals surface area (Å²) in [5.74, 6) is 0.366. The van der Waals surface area contributed by atoms with E-state index in [2.05, 4.69) is 0 Å². The van der Waals surface area contributed by atoms with E-state index in [0.717, 1.165) is 10.6 Å². The van der Waals surface area contributed by atoms with Crippen molar-refractivity contribution in [2.75, 3.05) is 5.75 Å². The molecule has 0 atom stereocenters. The van der Waals surface area contributed by atoms with Gasteiger partial charge in [-0.3, -0.25) is 0 Å². The number of rotatable bonds is 3. The standard InChI is InChI=1S/C9H7Cl2FS/c10-4-1-5-13-7-2-3-9(12)8(11)6-7/h1-4,6H,5H2/b4-1+. The van der Waals surface area contributed by atoms with Gasteiger partial charge in [0.1, 0.15) is 5.82 Å². The highest BCUT2D eigenvalue weighted by Gasteiger charge is 1.99. The Labute approximate surface area is 90.7 Å². The summed E-state index contributed by atoms with van der Waals surface area (Å²) in [5.41, 5.74) is 1.46. The van der Waals surface area contributed by atoms with Gasteiger partial charge in [-0.15, -0.1) is 11.8 Å². The molecular formula is C9H7Cl2FS. The van der Waals surface area contributed by atoms with Crippen molar-refractivity contribution >= 4 is 35.0 Å². The van der Waals surface area contributed by atoms with Gasteiger partial charge in [0.2, 0.25) is 0 Å². The van der Waals surface area contributed by atoms with Crippen LogP contribution in [0.3, 0.4) is 0 Å². The summed E-state index contributed by atoms with van der Waals surface area (Å²) in [6, 6.07) is 4.65. The van der Waals surface area contributed by atoms with Gasteiger partial charge in [0.15, 0.2) is 0 Å². The van der Waals surface area contributed by atoms with Crippen molar-refractivity contribution < 1.29 is 4.39 Å². The SMILES string of the molecule is Fc1ccc(SC/C=C/Cl)cc1Cl. The van der Waals surface area contributed by atoms with Crippen molar-refractivity contribution in [1.82, 2.24) is 0 Å². The van der Waals surface area contributed by atoms with E-state index in [4.69, 9.17) is 23.2 Å². The molecule has 0 aliphatic rings. The number of thioether (sulfide) groups is 1. The summed E-state index contributed by atoms with van der Waals surface area (Å²) in [6.45, 7) is 0. The Morgan fingerprint density at radius 3 is 2.85 bits per heavy atom. The first kappa shape index (κ1) is 10.9. The Morgan fingerprint density at radius 2 is 2.23 bits per heavy atom. The van der Waals surface area contributed by atoms with Crippen LogP contribution in [-0.2, 0) is 0 Å². The average Bonchev–Trinajstić information content (AvgIpc) is 2.12. The van der Waals surface area contributed by atoms with Crippen molar-refractivity contribution in [1.29, 1.82) is 0 Å². The average molecular weight is 237 g/mol. The maximum atomic E-state index is 12.7. The van der Waals surface area contributed by atoms with Gasteiger partial charge in [-0.1, -0.05) is 29.3 Å². The summed E-state index contributed by atoms with van der Waals surface area (Å²) in [5, 5.41) is 0.153. The van der Waals surface area contributed by atoms with Crippen LogP contribution in [0.5, 0.6) is 0 Å². The third kappa shape index (κ3) is 3.59. The van der Waals surface area contributed by atoms with E-state index >= 15 is 0 Å². The molecule has 1 rings (SSSR count). The van der Waals surface area contributed by atoms with Crippen LogP contribution in [0.25, 0.3) is 0 Å². The molecule has 0 N–H and O–H groups in total. The molecule has 0 heterocycles. The summed E-state index contributed by atoms with van der Waals surface area (Å²) in [4.78, 5) is 0.932. The fraction of sp³-hybridized carbons (Fsp3) is 0.111. The molecule has 0 spiro atoms. The van der Waals surface area contributed by atoms with E-state index in [1.165, 1.54) is 11.6 Å². The minimum atomic E-state index is -0.390. The van der Waals surface area contributed by atoms with Crippen molar-refractivity contribution in [3.8, 4) is 0 Å². The van der Waals surface area contributed by atoms with Gasteiger partial charge in [0.05, 0.1) is 5.02 Å². The zero-order valence-corrected chi connectivity index (χ0v) is 8.96.